The second-order valence-corrected chi connectivity index (χ2v) is 5.60. The molecule has 0 aromatic carbocycles. The van der Waals surface area contributed by atoms with Crippen LogP contribution < -0.4 is 0 Å². The molecule has 1 aromatic heterocycles. The molecule has 0 N–H and O–H groups in total. The Morgan fingerprint density at radius 3 is 2.64 bits per heavy atom. The van der Waals surface area contributed by atoms with Crippen molar-refractivity contribution in [1.82, 2.24) is 4.98 Å². The minimum absolute atomic E-state index is 0.0443. The Balaban J connectivity index is 2.18. The van der Waals surface area contributed by atoms with Gasteiger partial charge in [0.1, 0.15) is 5.71 Å². The van der Waals surface area contributed by atoms with Crippen LogP contribution >= 0.6 is 11.6 Å². The number of hydrogen-bond acceptors (Lipinski definition) is 5. The first-order valence-electron chi connectivity index (χ1n) is 6.74. The van der Waals surface area contributed by atoms with E-state index < -0.39 is 5.97 Å². The zero-order valence-electron chi connectivity index (χ0n) is 12.5. The van der Waals surface area contributed by atoms with Crippen LogP contribution in [0.2, 0.25) is 5.02 Å². The van der Waals surface area contributed by atoms with Gasteiger partial charge in [-0.1, -0.05) is 30.6 Å². The lowest BCUT2D eigenvalue weighted by Crippen LogP contribution is -2.16. The van der Waals surface area contributed by atoms with Crippen LogP contribution in [-0.4, -0.2) is 22.4 Å². The first kappa shape index (κ1) is 16.1. The van der Waals surface area contributed by atoms with E-state index >= 15 is 0 Å². The lowest BCUT2D eigenvalue weighted by atomic mass is 9.90. The molecule has 0 atom stereocenters. The number of carbonyl (C=O) groups excluding carboxylic acids is 2. The molecule has 5 nitrogen and oxygen atoms in total. The molecule has 0 bridgehead atoms. The number of halogens is 1. The third-order valence-corrected chi connectivity index (χ3v) is 3.34. The van der Waals surface area contributed by atoms with Gasteiger partial charge in [-0.05, 0) is 42.7 Å². The minimum atomic E-state index is -0.687. The SMILES string of the molecule is CC1=CC(=O)C(C(C)C)=CC1=NOC(=O)c1ccc(Cl)cn1. The molecule has 0 amide bonds. The third-order valence-electron chi connectivity index (χ3n) is 3.11. The monoisotopic (exact) mass is 318 g/mol. The van der Waals surface area contributed by atoms with Crippen LogP contribution in [0.4, 0.5) is 0 Å². The van der Waals surface area contributed by atoms with Gasteiger partial charge in [-0.2, -0.15) is 0 Å². The van der Waals surface area contributed by atoms with Crippen molar-refractivity contribution in [3.05, 3.63) is 52.3 Å². The average Bonchev–Trinajstić information content (AvgIpc) is 2.46. The van der Waals surface area contributed by atoms with Crippen LogP contribution in [0.1, 0.15) is 31.3 Å². The summed E-state index contributed by atoms with van der Waals surface area (Å²) in [4.78, 5) is 32.4. The van der Waals surface area contributed by atoms with Gasteiger partial charge in [0.2, 0.25) is 0 Å². The van der Waals surface area contributed by atoms with Gasteiger partial charge in [0.05, 0.1) is 5.02 Å². The molecule has 0 saturated carbocycles. The fourth-order valence-electron chi connectivity index (χ4n) is 1.87. The lowest BCUT2D eigenvalue weighted by molar-refractivity contribution is -0.111. The molecule has 0 spiro atoms. The Morgan fingerprint density at radius 2 is 2.05 bits per heavy atom. The highest BCUT2D eigenvalue weighted by molar-refractivity contribution is 6.30. The number of pyridine rings is 1. The summed E-state index contributed by atoms with van der Waals surface area (Å²) in [6.45, 7) is 5.57. The Hall–Kier alpha value is -2.27. The summed E-state index contributed by atoms with van der Waals surface area (Å²) >= 11 is 5.70. The maximum atomic E-state index is 11.9. The van der Waals surface area contributed by atoms with Crippen molar-refractivity contribution in [3.8, 4) is 0 Å². The fourth-order valence-corrected chi connectivity index (χ4v) is 1.98. The number of oxime groups is 1. The quantitative estimate of drug-likeness (QED) is 0.487. The second kappa shape index (κ2) is 6.66. The molecular weight excluding hydrogens is 304 g/mol. The molecular formula is C16H15ClN2O3. The molecule has 0 radical (unpaired) electrons. The predicted octanol–water partition coefficient (Wildman–Crippen LogP) is 3.36. The van der Waals surface area contributed by atoms with Gasteiger partial charge in [0.15, 0.2) is 11.5 Å². The van der Waals surface area contributed by atoms with Crippen molar-refractivity contribution in [2.24, 2.45) is 11.1 Å². The van der Waals surface area contributed by atoms with Crippen molar-refractivity contribution in [2.45, 2.75) is 20.8 Å². The van der Waals surface area contributed by atoms with E-state index in [1.807, 2.05) is 13.8 Å². The number of hydrogen-bond donors (Lipinski definition) is 0. The zero-order chi connectivity index (χ0) is 16.3. The normalized spacial score (nSPS) is 16.6. The first-order chi connectivity index (χ1) is 10.4. The van der Waals surface area contributed by atoms with E-state index in [1.165, 1.54) is 18.3 Å². The van der Waals surface area contributed by atoms with Crippen molar-refractivity contribution in [3.63, 3.8) is 0 Å². The van der Waals surface area contributed by atoms with E-state index in [4.69, 9.17) is 16.4 Å². The lowest BCUT2D eigenvalue weighted by Gasteiger charge is -2.14. The average molecular weight is 319 g/mol. The zero-order valence-corrected chi connectivity index (χ0v) is 13.2. The first-order valence-corrected chi connectivity index (χ1v) is 7.11. The fraction of sp³-hybridized carbons (Fsp3) is 0.250. The molecule has 0 saturated heterocycles. The molecule has 1 aromatic rings. The Bertz CT molecular complexity index is 701. The van der Waals surface area contributed by atoms with Crippen molar-refractivity contribution in [1.29, 1.82) is 0 Å². The van der Waals surface area contributed by atoms with Gasteiger partial charge in [-0.25, -0.2) is 9.78 Å². The summed E-state index contributed by atoms with van der Waals surface area (Å²) in [6, 6.07) is 2.99. The Morgan fingerprint density at radius 1 is 1.32 bits per heavy atom. The number of ketones is 1. The molecule has 22 heavy (non-hydrogen) atoms. The number of nitrogens with zero attached hydrogens (tertiary/aromatic N) is 2. The maximum Gasteiger partial charge on any atom is 0.383 e. The number of aromatic nitrogens is 1. The Kier molecular flexibility index (Phi) is 4.88. The molecule has 1 heterocycles. The van der Waals surface area contributed by atoms with Gasteiger partial charge >= 0.3 is 5.97 Å². The largest absolute Gasteiger partial charge is 0.383 e. The van der Waals surface area contributed by atoms with Gasteiger partial charge in [0.25, 0.3) is 0 Å². The van der Waals surface area contributed by atoms with Crippen LogP contribution in [0.15, 0.2) is 46.8 Å². The van der Waals surface area contributed by atoms with Gasteiger partial charge in [0, 0.05) is 11.8 Å². The second-order valence-electron chi connectivity index (χ2n) is 5.16. The number of carbonyl (C=O) groups is 2. The molecule has 0 unspecified atom stereocenters. The van der Waals surface area contributed by atoms with E-state index in [0.29, 0.717) is 21.9 Å². The summed E-state index contributed by atoms with van der Waals surface area (Å²) in [6.07, 6.45) is 4.49. The van der Waals surface area contributed by atoms with Gasteiger partial charge in [-0.3, -0.25) is 4.79 Å². The van der Waals surface area contributed by atoms with Crippen LogP contribution in [0.3, 0.4) is 0 Å². The van der Waals surface area contributed by atoms with E-state index in [1.54, 1.807) is 19.1 Å². The summed E-state index contributed by atoms with van der Waals surface area (Å²) in [5, 5.41) is 4.25. The van der Waals surface area contributed by atoms with Crippen molar-refractivity contribution < 1.29 is 14.4 Å². The minimum Gasteiger partial charge on any atom is -0.310 e. The highest BCUT2D eigenvalue weighted by atomic mass is 35.5. The number of rotatable bonds is 3. The highest BCUT2D eigenvalue weighted by Gasteiger charge is 2.19. The molecule has 2 rings (SSSR count). The van der Waals surface area contributed by atoms with Crippen LogP contribution in [0, 0.1) is 5.92 Å². The smallest absolute Gasteiger partial charge is 0.310 e. The van der Waals surface area contributed by atoms with E-state index in [9.17, 15) is 9.59 Å². The van der Waals surface area contributed by atoms with Crippen molar-refractivity contribution >= 4 is 29.1 Å². The van der Waals surface area contributed by atoms with Gasteiger partial charge < -0.3 is 4.84 Å². The van der Waals surface area contributed by atoms with Crippen molar-refractivity contribution in [2.75, 3.05) is 0 Å². The van der Waals surface area contributed by atoms with E-state index in [2.05, 4.69) is 10.1 Å². The van der Waals surface area contributed by atoms with Crippen LogP contribution in [0.25, 0.3) is 0 Å². The maximum absolute atomic E-state index is 11.9. The summed E-state index contributed by atoms with van der Waals surface area (Å²) in [7, 11) is 0. The summed E-state index contributed by atoms with van der Waals surface area (Å²) in [5.41, 5.74) is 1.83. The summed E-state index contributed by atoms with van der Waals surface area (Å²) in [5.74, 6) is -0.666. The highest BCUT2D eigenvalue weighted by Crippen LogP contribution is 2.19. The standard InChI is InChI=1S/C16H15ClN2O3/c1-9(2)12-7-14(10(3)6-15(12)20)19-22-16(21)13-5-4-11(17)8-18-13/h4-9H,1-3H3. The third kappa shape index (κ3) is 3.68. The molecule has 114 valence electrons. The predicted molar refractivity (Wildman–Crippen MR) is 83.8 cm³/mol. The number of allylic oxidation sites excluding steroid dienone is 4. The van der Waals surface area contributed by atoms with Crippen LogP contribution in [-0.2, 0) is 9.63 Å². The molecule has 6 heteroatoms. The van der Waals surface area contributed by atoms with Crippen LogP contribution in [0.5, 0.6) is 0 Å². The molecule has 1 aliphatic rings. The molecule has 0 aliphatic heterocycles. The van der Waals surface area contributed by atoms with Gasteiger partial charge in [-0.15, -0.1) is 0 Å². The summed E-state index contributed by atoms with van der Waals surface area (Å²) < 4.78 is 0. The van der Waals surface area contributed by atoms with E-state index in [-0.39, 0.29) is 17.4 Å². The molecule has 1 aliphatic carbocycles. The molecule has 0 fully saturated rings. The Labute approximate surface area is 133 Å². The van der Waals surface area contributed by atoms with E-state index in [0.717, 1.165) is 0 Å². The topological polar surface area (TPSA) is 68.6 Å².